The smallest absolute Gasteiger partial charge is 0.324 e. The topological polar surface area (TPSA) is 49.4 Å². The number of hydrogen-bond donors (Lipinski definition) is 1. The van der Waals surface area contributed by atoms with Crippen molar-refractivity contribution in [2.24, 2.45) is 0 Å². The second-order valence-corrected chi connectivity index (χ2v) is 3.56. The van der Waals surface area contributed by atoms with E-state index in [1.807, 2.05) is 0 Å². The second-order valence-electron chi connectivity index (χ2n) is 3.56. The summed E-state index contributed by atoms with van der Waals surface area (Å²) in [4.78, 5) is 24.4. The van der Waals surface area contributed by atoms with Crippen molar-refractivity contribution < 1.29 is 14.0 Å². The van der Waals surface area contributed by atoms with Crippen LogP contribution in [0.4, 0.5) is 14.9 Å². The van der Waals surface area contributed by atoms with Gasteiger partial charge in [0.25, 0.3) is 5.91 Å². The standard InChI is InChI=1S/C12H9FN2O2/c1-2-3-10-11(16)15(12(17)14-10)9-6-4-8(13)5-7-9/h1,4-7,10H,3H2,(H,14,17). The predicted molar refractivity (Wildman–Crippen MR) is 59.7 cm³/mol. The molecule has 1 saturated heterocycles. The zero-order chi connectivity index (χ0) is 12.4. The molecule has 1 unspecified atom stereocenters. The minimum atomic E-state index is -0.697. The van der Waals surface area contributed by atoms with Crippen LogP contribution >= 0.6 is 0 Å². The molecule has 2 rings (SSSR count). The molecule has 1 fully saturated rings. The summed E-state index contributed by atoms with van der Waals surface area (Å²) in [5.74, 6) is 1.47. The van der Waals surface area contributed by atoms with E-state index in [0.717, 1.165) is 4.90 Å². The van der Waals surface area contributed by atoms with Crippen LogP contribution in [0.15, 0.2) is 24.3 Å². The van der Waals surface area contributed by atoms with E-state index in [2.05, 4.69) is 11.2 Å². The first-order valence-corrected chi connectivity index (χ1v) is 4.97. The zero-order valence-corrected chi connectivity index (χ0v) is 8.81. The molecule has 86 valence electrons. The summed E-state index contributed by atoms with van der Waals surface area (Å²) in [5, 5.41) is 2.47. The van der Waals surface area contributed by atoms with E-state index in [4.69, 9.17) is 6.42 Å². The van der Waals surface area contributed by atoms with Crippen LogP contribution in [-0.2, 0) is 4.79 Å². The van der Waals surface area contributed by atoms with Crippen LogP contribution < -0.4 is 10.2 Å². The zero-order valence-electron chi connectivity index (χ0n) is 8.81. The average Bonchev–Trinajstić information content (AvgIpc) is 2.57. The maximum Gasteiger partial charge on any atom is 0.329 e. The molecule has 0 bridgehead atoms. The summed E-state index contributed by atoms with van der Waals surface area (Å²) in [5.41, 5.74) is 0.327. The Hall–Kier alpha value is -2.35. The van der Waals surface area contributed by atoms with Crippen LogP contribution in [-0.4, -0.2) is 18.0 Å². The Morgan fingerprint density at radius 1 is 1.35 bits per heavy atom. The lowest BCUT2D eigenvalue weighted by Crippen LogP contribution is -2.31. The monoisotopic (exact) mass is 232 g/mol. The lowest BCUT2D eigenvalue weighted by molar-refractivity contribution is -0.118. The number of rotatable bonds is 2. The molecule has 0 saturated carbocycles. The molecule has 1 aromatic carbocycles. The van der Waals surface area contributed by atoms with E-state index in [1.165, 1.54) is 24.3 Å². The number of benzene rings is 1. The van der Waals surface area contributed by atoms with Crippen molar-refractivity contribution in [3.8, 4) is 12.3 Å². The minimum Gasteiger partial charge on any atom is -0.324 e. The SMILES string of the molecule is C#CCC1NC(=O)N(c2ccc(F)cc2)C1=O. The van der Waals surface area contributed by atoms with Gasteiger partial charge in [0.05, 0.1) is 5.69 Å². The number of anilines is 1. The van der Waals surface area contributed by atoms with E-state index < -0.39 is 23.8 Å². The van der Waals surface area contributed by atoms with Crippen molar-refractivity contribution >= 4 is 17.6 Å². The van der Waals surface area contributed by atoms with Crippen LogP contribution in [0.1, 0.15) is 6.42 Å². The molecule has 1 aromatic rings. The van der Waals surface area contributed by atoms with E-state index >= 15 is 0 Å². The molecule has 0 radical (unpaired) electrons. The van der Waals surface area contributed by atoms with Crippen molar-refractivity contribution in [2.75, 3.05) is 4.90 Å². The van der Waals surface area contributed by atoms with Gasteiger partial charge in [-0.15, -0.1) is 12.3 Å². The first-order chi connectivity index (χ1) is 8.13. The van der Waals surface area contributed by atoms with Gasteiger partial charge in [0, 0.05) is 6.42 Å². The van der Waals surface area contributed by atoms with Crippen molar-refractivity contribution in [1.29, 1.82) is 0 Å². The number of halogens is 1. The van der Waals surface area contributed by atoms with Gasteiger partial charge in [0.15, 0.2) is 0 Å². The Morgan fingerprint density at radius 2 is 2.00 bits per heavy atom. The van der Waals surface area contributed by atoms with Gasteiger partial charge >= 0.3 is 6.03 Å². The van der Waals surface area contributed by atoms with Crippen molar-refractivity contribution in [3.05, 3.63) is 30.1 Å². The molecular weight excluding hydrogens is 223 g/mol. The van der Waals surface area contributed by atoms with Gasteiger partial charge in [-0.1, -0.05) is 0 Å². The molecule has 0 spiro atoms. The highest BCUT2D eigenvalue weighted by molar-refractivity contribution is 6.21. The molecule has 1 heterocycles. The van der Waals surface area contributed by atoms with Gasteiger partial charge in [-0.3, -0.25) is 4.79 Å². The minimum absolute atomic E-state index is 0.141. The fourth-order valence-electron chi connectivity index (χ4n) is 1.62. The van der Waals surface area contributed by atoms with E-state index in [-0.39, 0.29) is 6.42 Å². The molecule has 0 aromatic heterocycles. The van der Waals surface area contributed by atoms with Gasteiger partial charge in [-0.2, -0.15) is 0 Å². The van der Waals surface area contributed by atoms with Gasteiger partial charge in [0.2, 0.25) is 0 Å². The summed E-state index contributed by atoms with van der Waals surface area (Å²) >= 11 is 0. The van der Waals surface area contributed by atoms with Crippen LogP contribution in [0, 0.1) is 18.2 Å². The van der Waals surface area contributed by atoms with E-state index in [9.17, 15) is 14.0 Å². The highest BCUT2D eigenvalue weighted by Gasteiger charge is 2.38. The first-order valence-electron chi connectivity index (χ1n) is 4.97. The number of imide groups is 1. The third-order valence-corrected chi connectivity index (χ3v) is 2.43. The van der Waals surface area contributed by atoms with Crippen molar-refractivity contribution in [1.82, 2.24) is 5.32 Å². The lowest BCUT2D eigenvalue weighted by atomic mass is 10.2. The van der Waals surface area contributed by atoms with Crippen LogP contribution in [0.3, 0.4) is 0 Å². The van der Waals surface area contributed by atoms with Crippen LogP contribution in [0.5, 0.6) is 0 Å². The van der Waals surface area contributed by atoms with Gasteiger partial charge in [-0.25, -0.2) is 14.1 Å². The molecule has 1 aliphatic rings. The number of terminal acetylenes is 1. The molecule has 5 heteroatoms. The number of amides is 3. The Morgan fingerprint density at radius 3 is 2.59 bits per heavy atom. The second kappa shape index (κ2) is 4.26. The molecule has 17 heavy (non-hydrogen) atoms. The highest BCUT2D eigenvalue weighted by atomic mass is 19.1. The fraction of sp³-hybridized carbons (Fsp3) is 0.167. The molecule has 3 amide bonds. The molecule has 0 aliphatic carbocycles. The first kappa shape index (κ1) is 11.1. The van der Waals surface area contributed by atoms with Crippen molar-refractivity contribution in [3.63, 3.8) is 0 Å². The Kier molecular flexibility index (Phi) is 2.79. The Bertz CT molecular complexity index is 504. The number of nitrogens with one attached hydrogen (secondary N) is 1. The van der Waals surface area contributed by atoms with E-state index in [1.54, 1.807) is 0 Å². The number of urea groups is 1. The summed E-state index contributed by atoms with van der Waals surface area (Å²) in [6.07, 6.45) is 5.24. The Labute approximate surface area is 97.4 Å². The summed E-state index contributed by atoms with van der Waals surface area (Å²) in [7, 11) is 0. The van der Waals surface area contributed by atoms with Crippen molar-refractivity contribution in [2.45, 2.75) is 12.5 Å². The van der Waals surface area contributed by atoms with Gasteiger partial charge in [-0.05, 0) is 24.3 Å². The lowest BCUT2D eigenvalue weighted by Gasteiger charge is -2.12. The third kappa shape index (κ3) is 1.97. The number of carbonyl (C=O) groups is 2. The quantitative estimate of drug-likeness (QED) is 0.616. The normalized spacial score (nSPS) is 19.1. The summed E-state index contributed by atoms with van der Waals surface area (Å²) in [6.45, 7) is 0. The predicted octanol–water partition coefficient (Wildman–Crippen LogP) is 1.27. The molecular formula is C12H9FN2O2. The summed E-state index contributed by atoms with van der Waals surface area (Å²) < 4.78 is 12.7. The number of carbonyl (C=O) groups excluding carboxylic acids is 2. The fourth-order valence-corrected chi connectivity index (χ4v) is 1.62. The maximum atomic E-state index is 12.7. The molecule has 1 aliphatic heterocycles. The van der Waals surface area contributed by atoms with Crippen LogP contribution in [0.25, 0.3) is 0 Å². The third-order valence-electron chi connectivity index (χ3n) is 2.43. The van der Waals surface area contributed by atoms with E-state index in [0.29, 0.717) is 5.69 Å². The highest BCUT2D eigenvalue weighted by Crippen LogP contribution is 2.20. The largest absolute Gasteiger partial charge is 0.329 e. The number of nitrogens with zero attached hydrogens (tertiary/aromatic N) is 1. The van der Waals surface area contributed by atoms with Gasteiger partial charge in [0.1, 0.15) is 11.9 Å². The average molecular weight is 232 g/mol. The number of hydrogen-bond acceptors (Lipinski definition) is 2. The maximum absolute atomic E-state index is 12.7. The molecule has 4 nitrogen and oxygen atoms in total. The molecule has 1 N–H and O–H groups in total. The van der Waals surface area contributed by atoms with Gasteiger partial charge < -0.3 is 5.32 Å². The summed E-state index contributed by atoms with van der Waals surface area (Å²) in [6, 6.07) is 3.87. The van der Waals surface area contributed by atoms with Crippen LogP contribution in [0.2, 0.25) is 0 Å². The Balaban J connectivity index is 2.28. The molecule has 1 atom stereocenters.